The molecule has 0 saturated heterocycles. The number of carbonyl (C=O) groups excluding carboxylic acids is 2. The van der Waals surface area contributed by atoms with Gasteiger partial charge in [-0.1, -0.05) is 0 Å². The molecule has 0 atom stereocenters. The molecule has 0 aromatic heterocycles. The molecule has 0 fully saturated rings. The van der Waals surface area contributed by atoms with Crippen LogP contribution >= 0.6 is 0 Å². The van der Waals surface area contributed by atoms with E-state index in [9.17, 15) is 9.59 Å². The quantitative estimate of drug-likeness (QED) is 0.740. The van der Waals surface area contributed by atoms with Gasteiger partial charge in [0.25, 0.3) is 0 Å². The summed E-state index contributed by atoms with van der Waals surface area (Å²) in [6.07, 6.45) is 3.12. The molecule has 0 bridgehead atoms. The maximum absolute atomic E-state index is 12.2. The Kier molecular flexibility index (Phi) is 7.66. The zero-order valence-electron chi connectivity index (χ0n) is 14.1. The number of amides is 2. The Labute approximate surface area is 137 Å². The van der Waals surface area contributed by atoms with Crippen molar-refractivity contribution in [3.05, 3.63) is 29.8 Å². The van der Waals surface area contributed by atoms with Crippen LogP contribution in [0.1, 0.15) is 19.4 Å². The summed E-state index contributed by atoms with van der Waals surface area (Å²) in [7, 11) is 3.14. The van der Waals surface area contributed by atoms with Gasteiger partial charge in [0.05, 0.1) is 20.8 Å². The van der Waals surface area contributed by atoms with Gasteiger partial charge in [0, 0.05) is 25.2 Å². The SMILES string of the molecule is CCNC(=O)CN(CC)C(=O)/C=C/c1cc(OC)cc(OC)c1. The van der Waals surface area contributed by atoms with Crippen molar-refractivity contribution in [3.63, 3.8) is 0 Å². The van der Waals surface area contributed by atoms with Crippen LogP contribution in [0.25, 0.3) is 6.08 Å². The van der Waals surface area contributed by atoms with E-state index in [0.29, 0.717) is 24.6 Å². The fourth-order valence-electron chi connectivity index (χ4n) is 1.97. The van der Waals surface area contributed by atoms with Gasteiger partial charge < -0.3 is 19.7 Å². The van der Waals surface area contributed by atoms with Crippen LogP contribution in [0.3, 0.4) is 0 Å². The highest BCUT2D eigenvalue weighted by atomic mass is 16.5. The highest BCUT2D eigenvalue weighted by molar-refractivity contribution is 5.94. The smallest absolute Gasteiger partial charge is 0.247 e. The van der Waals surface area contributed by atoms with E-state index in [-0.39, 0.29) is 18.4 Å². The van der Waals surface area contributed by atoms with Crippen molar-refractivity contribution in [3.8, 4) is 11.5 Å². The Bertz CT molecular complexity index is 547. The Morgan fingerprint density at radius 2 is 1.74 bits per heavy atom. The maximum atomic E-state index is 12.2. The minimum Gasteiger partial charge on any atom is -0.497 e. The standard InChI is InChI=1S/C17H24N2O4/c1-5-18-16(20)12-19(6-2)17(21)8-7-13-9-14(22-3)11-15(10-13)23-4/h7-11H,5-6,12H2,1-4H3,(H,18,20)/b8-7+. The molecule has 1 aromatic carbocycles. The molecule has 23 heavy (non-hydrogen) atoms. The summed E-state index contributed by atoms with van der Waals surface area (Å²) in [4.78, 5) is 25.3. The van der Waals surface area contributed by atoms with Gasteiger partial charge in [0.2, 0.25) is 11.8 Å². The minimum atomic E-state index is -0.222. The number of rotatable bonds is 8. The van der Waals surface area contributed by atoms with Gasteiger partial charge >= 0.3 is 0 Å². The predicted octanol–water partition coefficient (Wildman–Crippen LogP) is 1.70. The molecule has 6 heteroatoms. The lowest BCUT2D eigenvalue weighted by molar-refractivity contribution is -0.132. The van der Waals surface area contributed by atoms with Crippen LogP contribution in [0.4, 0.5) is 0 Å². The van der Waals surface area contributed by atoms with Gasteiger partial charge in [-0.25, -0.2) is 0 Å². The molecule has 6 nitrogen and oxygen atoms in total. The van der Waals surface area contributed by atoms with E-state index in [2.05, 4.69) is 5.32 Å². The van der Waals surface area contributed by atoms with Gasteiger partial charge in [0.15, 0.2) is 0 Å². The Balaban J connectivity index is 2.81. The molecule has 0 unspecified atom stereocenters. The molecular formula is C17H24N2O4. The molecule has 2 amide bonds. The first-order valence-electron chi connectivity index (χ1n) is 7.50. The summed E-state index contributed by atoms with van der Waals surface area (Å²) in [5.41, 5.74) is 0.781. The molecule has 0 radical (unpaired) electrons. The molecule has 0 spiro atoms. The van der Waals surface area contributed by atoms with Crippen LogP contribution in [0.15, 0.2) is 24.3 Å². The summed E-state index contributed by atoms with van der Waals surface area (Å²) in [5.74, 6) is 0.900. The van der Waals surface area contributed by atoms with Crippen molar-refractivity contribution in [2.45, 2.75) is 13.8 Å². The highest BCUT2D eigenvalue weighted by Gasteiger charge is 2.12. The number of benzene rings is 1. The van der Waals surface area contributed by atoms with E-state index in [4.69, 9.17) is 9.47 Å². The molecule has 0 aliphatic carbocycles. The molecule has 1 N–H and O–H groups in total. The second-order valence-electron chi connectivity index (χ2n) is 4.79. The Hall–Kier alpha value is -2.50. The van der Waals surface area contributed by atoms with Crippen molar-refractivity contribution in [1.82, 2.24) is 10.2 Å². The van der Waals surface area contributed by atoms with Crippen molar-refractivity contribution in [2.75, 3.05) is 33.9 Å². The van der Waals surface area contributed by atoms with Gasteiger partial charge in [-0.3, -0.25) is 9.59 Å². The zero-order chi connectivity index (χ0) is 17.2. The van der Waals surface area contributed by atoms with E-state index in [0.717, 1.165) is 5.56 Å². The Morgan fingerprint density at radius 1 is 1.13 bits per heavy atom. The number of likely N-dealkylation sites (N-methyl/N-ethyl adjacent to an activating group) is 2. The summed E-state index contributed by atoms with van der Waals surface area (Å²) in [6.45, 7) is 4.73. The van der Waals surface area contributed by atoms with Crippen LogP contribution in [-0.2, 0) is 9.59 Å². The van der Waals surface area contributed by atoms with E-state index in [1.807, 2.05) is 13.8 Å². The first-order chi connectivity index (χ1) is 11.0. The fourth-order valence-corrected chi connectivity index (χ4v) is 1.97. The first-order valence-corrected chi connectivity index (χ1v) is 7.50. The Morgan fingerprint density at radius 3 is 2.22 bits per heavy atom. The van der Waals surface area contributed by atoms with Crippen molar-refractivity contribution >= 4 is 17.9 Å². The predicted molar refractivity (Wildman–Crippen MR) is 89.5 cm³/mol. The number of carbonyl (C=O) groups is 2. The van der Waals surface area contributed by atoms with E-state index >= 15 is 0 Å². The molecular weight excluding hydrogens is 296 g/mol. The second kappa shape index (κ2) is 9.50. The van der Waals surface area contributed by atoms with Crippen LogP contribution in [0, 0.1) is 0 Å². The number of hydrogen-bond donors (Lipinski definition) is 1. The van der Waals surface area contributed by atoms with Gasteiger partial charge in [-0.05, 0) is 37.6 Å². The number of hydrogen-bond acceptors (Lipinski definition) is 4. The van der Waals surface area contributed by atoms with E-state index in [1.54, 1.807) is 38.5 Å². The van der Waals surface area contributed by atoms with Crippen LogP contribution < -0.4 is 14.8 Å². The zero-order valence-corrected chi connectivity index (χ0v) is 14.1. The van der Waals surface area contributed by atoms with Crippen molar-refractivity contribution in [1.29, 1.82) is 0 Å². The van der Waals surface area contributed by atoms with Crippen molar-refractivity contribution in [2.24, 2.45) is 0 Å². The van der Waals surface area contributed by atoms with Crippen LogP contribution in [-0.4, -0.2) is 50.6 Å². The lowest BCUT2D eigenvalue weighted by Crippen LogP contribution is -2.39. The van der Waals surface area contributed by atoms with Gasteiger partial charge in [0.1, 0.15) is 11.5 Å². The summed E-state index contributed by atoms with van der Waals surface area (Å²) in [6, 6.07) is 5.35. The molecule has 0 saturated carbocycles. The summed E-state index contributed by atoms with van der Waals surface area (Å²) < 4.78 is 10.4. The van der Waals surface area contributed by atoms with Crippen LogP contribution in [0.5, 0.6) is 11.5 Å². The molecule has 1 aromatic rings. The molecule has 1 rings (SSSR count). The lowest BCUT2D eigenvalue weighted by atomic mass is 10.2. The number of methoxy groups -OCH3 is 2. The van der Waals surface area contributed by atoms with E-state index in [1.165, 1.54) is 11.0 Å². The number of ether oxygens (including phenoxy) is 2. The van der Waals surface area contributed by atoms with Gasteiger partial charge in [-0.15, -0.1) is 0 Å². The third kappa shape index (κ3) is 6.02. The molecule has 126 valence electrons. The average Bonchev–Trinajstić information content (AvgIpc) is 2.57. The molecule has 0 heterocycles. The monoisotopic (exact) mass is 320 g/mol. The molecule has 0 aliphatic heterocycles. The normalized spacial score (nSPS) is 10.4. The lowest BCUT2D eigenvalue weighted by Gasteiger charge is -2.18. The maximum Gasteiger partial charge on any atom is 0.247 e. The first kappa shape index (κ1) is 18.5. The average molecular weight is 320 g/mol. The third-order valence-electron chi connectivity index (χ3n) is 3.19. The topological polar surface area (TPSA) is 67.9 Å². The van der Waals surface area contributed by atoms with Gasteiger partial charge in [-0.2, -0.15) is 0 Å². The fraction of sp³-hybridized carbons (Fsp3) is 0.412. The third-order valence-corrected chi connectivity index (χ3v) is 3.19. The second-order valence-corrected chi connectivity index (χ2v) is 4.79. The largest absolute Gasteiger partial charge is 0.497 e. The van der Waals surface area contributed by atoms with Crippen LogP contribution in [0.2, 0.25) is 0 Å². The summed E-state index contributed by atoms with van der Waals surface area (Å²) in [5, 5.41) is 2.68. The highest BCUT2D eigenvalue weighted by Crippen LogP contribution is 2.23. The number of nitrogens with one attached hydrogen (secondary N) is 1. The van der Waals surface area contributed by atoms with E-state index < -0.39 is 0 Å². The minimum absolute atomic E-state index is 0.0505. The summed E-state index contributed by atoms with van der Waals surface area (Å²) >= 11 is 0. The number of nitrogens with zero attached hydrogens (tertiary/aromatic N) is 1. The van der Waals surface area contributed by atoms with Crippen molar-refractivity contribution < 1.29 is 19.1 Å². The molecule has 0 aliphatic rings.